The van der Waals surface area contributed by atoms with Crippen molar-refractivity contribution >= 4 is 60.8 Å². The Hall–Kier alpha value is -8.40. The molecule has 0 amide bonds. The molecule has 12 rings (SSSR count). The van der Waals surface area contributed by atoms with Crippen LogP contribution in [0.25, 0.3) is 93.9 Å². The van der Waals surface area contributed by atoms with Crippen LogP contribution < -0.4 is 4.90 Å². The average Bonchev–Trinajstić information content (AvgIpc) is 3.91. The summed E-state index contributed by atoms with van der Waals surface area (Å²) >= 11 is 0. The number of fused-ring (bicyclic) bond motifs is 6. The summed E-state index contributed by atoms with van der Waals surface area (Å²) < 4.78 is 8.77. The molecule has 0 unspecified atom stereocenters. The van der Waals surface area contributed by atoms with Crippen LogP contribution in [0.1, 0.15) is 0 Å². The van der Waals surface area contributed by atoms with E-state index >= 15 is 0 Å². The Labute approximate surface area is 366 Å². The minimum absolute atomic E-state index is 0.888. The van der Waals surface area contributed by atoms with Crippen LogP contribution >= 0.6 is 0 Å². The Morgan fingerprint density at radius 3 is 1.59 bits per heavy atom. The molecule has 12 aromatic rings. The lowest BCUT2D eigenvalue weighted by Crippen LogP contribution is -2.09. The number of benzene rings is 10. The second-order valence-corrected chi connectivity index (χ2v) is 16.1. The van der Waals surface area contributed by atoms with Crippen molar-refractivity contribution in [2.75, 3.05) is 4.90 Å². The van der Waals surface area contributed by atoms with Crippen LogP contribution in [0.5, 0.6) is 0 Å². The maximum Gasteiger partial charge on any atom is 0.137 e. The molecule has 0 fully saturated rings. The van der Waals surface area contributed by atoms with Gasteiger partial charge in [-0.2, -0.15) is 0 Å². The predicted octanol–water partition coefficient (Wildman–Crippen LogP) is 16.8. The Morgan fingerprint density at radius 1 is 0.302 bits per heavy atom. The topological polar surface area (TPSA) is 21.3 Å². The van der Waals surface area contributed by atoms with Crippen LogP contribution in [-0.2, 0) is 0 Å². The third-order valence-corrected chi connectivity index (χ3v) is 12.4. The van der Waals surface area contributed by atoms with Gasteiger partial charge in [0.15, 0.2) is 0 Å². The first kappa shape index (κ1) is 36.5. The highest BCUT2D eigenvalue weighted by atomic mass is 16.3. The van der Waals surface area contributed by atoms with Gasteiger partial charge >= 0.3 is 0 Å². The number of anilines is 3. The maximum atomic E-state index is 6.36. The first-order valence-corrected chi connectivity index (χ1v) is 21.5. The highest BCUT2D eigenvalue weighted by molar-refractivity contribution is 6.18. The zero-order valence-electron chi connectivity index (χ0n) is 34.4. The fourth-order valence-corrected chi connectivity index (χ4v) is 9.47. The smallest absolute Gasteiger partial charge is 0.137 e. The van der Waals surface area contributed by atoms with Crippen molar-refractivity contribution in [3.05, 3.63) is 243 Å². The molecule has 2 aromatic heterocycles. The molecule has 0 atom stereocenters. The quantitative estimate of drug-likeness (QED) is 0.153. The Balaban J connectivity index is 0.926. The van der Waals surface area contributed by atoms with Gasteiger partial charge in [0, 0.05) is 33.2 Å². The standard InChI is InChI=1S/C60H40N2O/c1-3-15-41(16-4-1)42-31-33-43(34-32-42)44-35-37-49(38-36-44)61(48-20-5-2-6-21-48)50-22-12-18-46(40-50)45-17-11-19-47(39-45)51-25-13-27-55-59(51)52-23-7-9-26-54(52)62(55)56-28-14-30-58-60(56)53-24-8-10-29-57(53)63-58/h1-40H. The van der Waals surface area contributed by atoms with Gasteiger partial charge in [0.05, 0.1) is 22.1 Å². The van der Waals surface area contributed by atoms with Crippen LogP contribution in [0.3, 0.4) is 0 Å². The predicted molar refractivity (Wildman–Crippen MR) is 264 cm³/mol. The summed E-state index contributed by atoms with van der Waals surface area (Å²) in [4.78, 5) is 2.34. The molecule has 0 aliphatic heterocycles. The summed E-state index contributed by atoms with van der Waals surface area (Å²) in [6, 6.07) is 87.0. The number of aromatic nitrogens is 1. The monoisotopic (exact) mass is 804 g/mol. The van der Waals surface area contributed by atoms with Crippen LogP contribution in [0.2, 0.25) is 0 Å². The van der Waals surface area contributed by atoms with Gasteiger partial charge in [0.25, 0.3) is 0 Å². The lowest BCUT2D eigenvalue weighted by Gasteiger charge is -2.26. The number of nitrogens with zero attached hydrogens (tertiary/aromatic N) is 2. The van der Waals surface area contributed by atoms with Crippen molar-refractivity contribution in [3.63, 3.8) is 0 Å². The van der Waals surface area contributed by atoms with Gasteiger partial charge < -0.3 is 13.9 Å². The van der Waals surface area contributed by atoms with Crippen molar-refractivity contribution < 1.29 is 4.42 Å². The second kappa shape index (κ2) is 15.3. The largest absolute Gasteiger partial charge is 0.456 e. The summed E-state index contributed by atoms with van der Waals surface area (Å²) in [6.07, 6.45) is 0. The van der Waals surface area contributed by atoms with Gasteiger partial charge in [-0.1, -0.05) is 170 Å². The minimum Gasteiger partial charge on any atom is -0.456 e. The molecule has 0 radical (unpaired) electrons. The van der Waals surface area contributed by atoms with E-state index in [2.05, 4.69) is 246 Å². The van der Waals surface area contributed by atoms with Gasteiger partial charge in [0.2, 0.25) is 0 Å². The first-order chi connectivity index (χ1) is 31.2. The Kier molecular flexibility index (Phi) is 8.83. The van der Waals surface area contributed by atoms with E-state index in [0.717, 1.165) is 66.8 Å². The van der Waals surface area contributed by atoms with Gasteiger partial charge in [-0.3, -0.25) is 0 Å². The lowest BCUT2D eigenvalue weighted by atomic mass is 9.95. The van der Waals surface area contributed by atoms with Crippen molar-refractivity contribution in [2.24, 2.45) is 0 Å². The second-order valence-electron chi connectivity index (χ2n) is 16.1. The fraction of sp³-hybridized carbons (Fsp3) is 0. The van der Waals surface area contributed by atoms with Crippen molar-refractivity contribution in [1.29, 1.82) is 0 Å². The molecule has 0 aliphatic carbocycles. The third kappa shape index (κ3) is 6.38. The molecule has 0 saturated heterocycles. The van der Waals surface area contributed by atoms with E-state index in [1.807, 2.05) is 6.07 Å². The highest BCUT2D eigenvalue weighted by Crippen LogP contribution is 2.43. The molecule has 0 spiro atoms. The van der Waals surface area contributed by atoms with Gasteiger partial charge in [-0.25, -0.2) is 0 Å². The summed E-state index contributed by atoms with van der Waals surface area (Å²) in [6.45, 7) is 0. The van der Waals surface area contributed by atoms with E-state index in [1.54, 1.807) is 0 Å². The number of hydrogen-bond acceptors (Lipinski definition) is 2. The molecule has 296 valence electrons. The van der Waals surface area contributed by atoms with E-state index < -0.39 is 0 Å². The van der Waals surface area contributed by atoms with Crippen molar-refractivity contribution in [1.82, 2.24) is 4.57 Å². The van der Waals surface area contributed by atoms with Gasteiger partial charge in [0.1, 0.15) is 11.2 Å². The highest BCUT2D eigenvalue weighted by Gasteiger charge is 2.20. The minimum atomic E-state index is 0.888. The molecule has 0 bridgehead atoms. The Morgan fingerprint density at radius 2 is 0.810 bits per heavy atom. The van der Waals surface area contributed by atoms with E-state index in [-0.39, 0.29) is 0 Å². The number of rotatable bonds is 8. The summed E-state index contributed by atoms with van der Waals surface area (Å²) in [5.74, 6) is 0. The SMILES string of the molecule is c1ccc(-c2ccc(-c3ccc(N(c4ccccc4)c4cccc(-c5cccc(-c6cccc7c6c6ccccc6n7-c6cccc7oc8ccccc8c67)c5)c4)cc3)cc2)cc1. The van der Waals surface area contributed by atoms with Crippen LogP contribution in [0.4, 0.5) is 17.1 Å². The zero-order chi connectivity index (χ0) is 41.7. The molecule has 0 N–H and O–H groups in total. The van der Waals surface area contributed by atoms with E-state index in [9.17, 15) is 0 Å². The normalized spacial score (nSPS) is 11.5. The average molecular weight is 805 g/mol. The molecular weight excluding hydrogens is 765 g/mol. The maximum absolute atomic E-state index is 6.36. The molecule has 2 heterocycles. The zero-order valence-corrected chi connectivity index (χ0v) is 34.4. The molecular formula is C60H40N2O. The molecule has 3 heteroatoms. The third-order valence-electron chi connectivity index (χ3n) is 12.4. The summed E-state index contributed by atoms with van der Waals surface area (Å²) in [5.41, 5.74) is 18.0. The molecule has 63 heavy (non-hydrogen) atoms. The number of furan rings is 1. The van der Waals surface area contributed by atoms with E-state index in [4.69, 9.17) is 4.42 Å². The van der Waals surface area contributed by atoms with Crippen LogP contribution in [0, 0.1) is 0 Å². The lowest BCUT2D eigenvalue weighted by molar-refractivity contribution is 0.669. The molecule has 10 aromatic carbocycles. The summed E-state index contributed by atoms with van der Waals surface area (Å²) in [7, 11) is 0. The Bertz CT molecular complexity index is 3600. The number of para-hydroxylation sites is 3. The first-order valence-electron chi connectivity index (χ1n) is 21.5. The van der Waals surface area contributed by atoms with E-state index in [1.165, 1.54) is 44.2 Å². The van der Waals surface area contributed by atoms with Crippen LogP contribution in [-0.4, -0.2) is 4.57 Å². The molecule has 0 aliphatic rings. The summed E-state index contributed by atoms with van der Waals surface area (Å²) in [5, 5.41) is 4.69. The van der Waals surface area contributed by atoms with Crippen molar-refractivity contribution in [3.8, 4) is 50.2 Å². The number of hydrogen-bond donors (Lipinski definition) is 0. The van der Waals surface area contributed by atoms with E-state index in [0.29, 0.717) is 0 Å². The fourth-order valence-electron chi connectivity index (χ4n) is 9.47. The van der Waals surface area contributed by atoms with Crippen LogP contribution in [0.15, 0.2) is 247 Å². The van der Waals surface area contributed by atoms with Crippen molar-refractivity contribution in [2.45, 2.75) is 0 Å². The molecule has 3 nitrogen and oxygen atoms in total. The van der Waals surface area contributed by atoms with Gasteiger partial charge in [-0.15, -0.1) is 0 Å². The van der Waals surface area contributed by atoms with Gasteiger partial charge in [-0.05, 0) is 117 Å². The molecule has 0 saturated carbocycles.